The normalized spacial score (nSPS) is 18.5. The third kappa shape index (κ3) is 2.02. The average Bonchev–Trinajstić information content (AvgIpc) is 2.62. The van der Waals surface area contributed by atoms with E-state index in [1.165, 1.54) is 0 Å². The van der Waals surface area contributed by atoms with Gasteiger partial charge < -0.3 is 5.73 Å². The second-order valence-corrected chi connectivity index (χ2v) is 4.99. The number of rotatable bonds is 4. The van der Waals surface area contributed by atoms with Crippen LogP contribution in [0.2, 0.25) is 0 Å². The molecule has 16 heavy (non-hydrogen) atoms. The molecule has 0 aliphatic heterocycles. The van der Waals surface area contributed by atoms with Gasteiger partial charge in [0.1, 0.15) is 0 Å². The number of carbonyl (C=O) groups excluding carboxylic acids is 1. The lowest BCUT2D eigenvalue weighted by molar-refractivity contribution is -0.126. The summed E-state index contributed by atoms with van der Waals surface area (Å²) in [6.07, 6.45) is 5.02. The van der Waals surface area contributed by atoms with Gasteiger partial charge in [-0.3, -0.25) is 9.48 Å². The minimum Gasteiger partial charge on any atom is -0.319 e. The highest BCUT2D eigenvalue weighted by Crippen LogP contribution is 2.30. The van der Waals surface area contributed by atoms with Crippen molar-refractivity contribution < 1.29 is 4.79 Å². The molecular weight excluding hydrogens is 202 g/mol. The van der Waals surface area contributed by atoms with Gasteiger partial charge in [-0.2, -0.15) is 5.10 Å². The second kappa shape index (κ2) is 4.01. The number of carbonyl (C=O) groups is 1. The van der Waals surface area contributed by atoms with Gasteiger partial charge >= 0.3 is 0 Å². The molecule has 1 aliphatic rings. The molecule has 88 valence electrons. The van der Waals surface area contributed by atoms with Crippen molar-refractivity contribution in [2.24, 2.45) is 5.73 Å². The lowest BCUT2D eigenvalue weighted by Crippen LogP contribution is -2.54. The monoisotopic (exact) mass is 221 g/mol. The SMILES string of the molecule is CC(C)n1ccc(CC(=O)C2(N)CCC2)n1. The number of hydrogen-bond donors (Lipinski definition) is 1. The fraction of sp³-hybridized carbons (Fsp3) is 0.667. The maximum atomic E-state index is 11.9. The van der Waals surface area contributed by atoms with E-state index in [9.17, 15) is 4.79 Å². The van der Waals surface area contributed by atoms with Crippen LogP contribution >= 0.6 is 0 Å². The number of Topliss-reactive ketones (excluding diaryl/α,β-unsaturated/α-hetero) is 1. The summed E-state index contributed by atoms with van der Waals surface area (Å²) in [4.78, 5) is 11.9. The summed E-state index contributed by atoms with van der Waals surface area (Å²) in [5.74, 6) is 0.132. The quantitative estimate of drug-likeness (QED) is 0.837. The smallest absolute Gasteiger partial charge is 0.158 e. The zero-order chi connectivity index (χ0) is 11.8. The van der Waals surface area contributed by atoms with Crippen LogP contribution in [0.25, 0.3) is 0 Å². The van der Waals surface area contributed by atoms with Crippen molar-refractivity contribution in [2.75, 3.05) is 0 Å². The highest BCUT2D eigenvalue weighted by Gasteiger charge is 2.39. The van der Waals surface area contributed by atoms with Gasteiger partial charge in [0.15, 0.2) is 5.78 Å². The van der Waals surface area contributed by atoms with Gasteiger partial charge in [0.25, 0.3) is 0 Å². The largest absolute Gasteiger partial charge is 0.319 e. The summed E-state index contributed by atoms with van der Waals surface area (Å²) in [6.45, 7) is 4.13. The summed E-state index contributed by atoms with van der Waals surface area (Å²) >= 11 is 0. The van der Waals surface area contributed by atoms with Crippen molar-refractivity contribution in [3.8, 4) is 0 Å². The van der Waals surface area contributed by atoms with Crippen LogP contribution in [0.15, 0.2) is 12.3 Å². The van der Waals surface area contributed by atoms with E-state index in [0.717, 1.165) is 25.0 Å². The summed E-state index contributed by atoms with van der Waals surface area (Å²) in [5.41, 5.74) is 6.25. The molecule has 1 heterocycles. The Balaban J connectivity index is 2.00. The molecule has 0 unspecified atom stereocenters. The third-order valence-electron chi connectivity index (χ3n) is 3.34. The van der Waals surface area contributed by atoms with E-state index in [0.29, 0.717) is 12.5 Å². The zero-order valence-electron chi connectivity index (χ0n) is 9.94. The van der Waals surface area contributed by atoms with Crippen LogP contribution in [0.3, 0.4) is 0 Å². The van der Waals surface area contributed by atoms with Crippen molar-refractivity contribution in [1.29, 1.82) is 0 Å². The fourth-order valence-corrected chi connectivity index (χ4v) is 1.94. The van der Waals surface area contributed by atoms with Crippen LogP contribution in [0.5, 0.6) is 0 Å². The Labute approximate surface area is 95.8 Å². The Bertz CT molecular complexity index is 391. The highest BCUT2D eigenvalue weighted by molar-refractivity contribution is 5.90. The van der Waals surface area contributed by atoms with Gasteiger partial charge in [0, 0.05) is 12.2 Å². The van der Waals surface area contributed by atoms with Gasteiger partial charge in [-0.05, 0) is 39.2 Å². The van der Waals surface area contributed by atoms with E-state index in [2.05, 4.69) is 18.9 Å². The summed E-state index contributed by atoms with van der Waals surface area (Å²) in [7, 11) is 0. The topological polar surface area (TPSA) is 60.9 Å². The highest BCUT2D eigenvalue weighted by atomic mass is 16.1. The van der Waals surface area contributed by atoms with Gasteiger partial charge in [-0.25, -0.2) is 0 Å². The lowest BCUT2D eigenvalue weighted by atomic mass is 9.73. The van der Waals surface area contributed by atoms with Crippen LogP contribution in [-0.2, 0) is 11.2 Å². The second-order valence-electron chi connectivity index (χ2n) is 4.99. The molecule has 0 atom stereocenters. The molecule has 1 aromatic rings. The van der Waals surface area contributed by atoms with Crippen LogP contribution < -0.4 is 5.73 Å². The maximum Gasteiger partial charge on any atom is 0.158 e. The average molecular weight is 221 g/mol. The molecule has 2 rings (SSSR count). The van der Waals surface area contributed by atoms with Gasteiger partial charge in [0.2, 0.25) is 0 Å². The third-order valence-corrected chi connectivity index (χ3v) is 3.34. The first-order valence-electron chi connectivity index (χ1n) is 5.87. The summed E-state index contributed by atoms with van der Waals surface area (Å²) in [5, 5.41) is 4.36. The van der Waals surface area contributed by atoms with Crippen molar-refractivity contribution >= 4 is 5.78 Å². The van der Waals surface area contributed by atoms with Crippen molar-refractivity contribution in [3.05, 3.63) is 18.0 Å². The summed E-state index contributed by atoms with van der Waals surface area (Å²) in [6, 6.07) is 2.24. The fourth-order valence-electron chi connectivity index (χ4n) is 1.94. The number of nitrogens with two attached hydrogens (primary N) is 1. The zero-order valence-corrected chi connectivity index (χ0v) is 9.94. The standard InChI is InChI=1S/C12H19N3O/c1-9(2)15-7-4-10(14-15)8-11(16)12(13)5-3-6-12/h4,7,9H,3,5-6,8,13H2,1-2H3. The van der Waals surface area contributed by atoms with Gasteiger partial charge in [-0.15, -0.1) is 0 Å². The molecular formula is C12H19N3O. The first-order chi connectivity index (χ1) is 7.51. The number of hydrogen-bond acceptors (Lipinski definition) is 3. The molecule has 1 aliphatic carbocycles. The van der Waals surface area contributed by atoms with E-state index in [1.807, 2.05) is 16.9 Å². The molecule has 4 nitrogen and oxygen atoms in total. The molecule has 0 bridgehead atoms. The lowest BCUT2D eigenvalue weighted by Gasteiger charge is -2.36. The first-order valence-corrected chi connectivity index (χ1v) is 5.87. The molecule has 1 saturated carbocycles. The van der Waals surface area contributed by atoms with Crippen LogP contribution in [0, 0.1) is 0 Å². The predicted octanol–water partition coefficient (Wildman–Crippen LogP) is 1.46. The molecule has 0 aromatic carbocycles. The van der Waals surface area contributed by atoms with Crippen LogP contribution in [0.1, 0.15) is 44.8 Å². The van der Waals surface area contributed by atoms with Gasteiger partial charge in [-0.1, -0.05) is 0 Å². The van der Waals surface area contributed by atoms with Crippen LogP contribution in [0.4, 0.5) is 0 Å². The van der Waals surface area contributed by atoms with E-state index in [4.69, 9.17) is 5.73 Å². The molecule has 0 amide bonds. The Morgan fingerprint density at radius 2 is 2.31 bits per heavy atom. The number of nitrogens with zero attached hydrogens (tertiary/aromatic N) is 2. The van der Waals surface area contributed by atoms with E-state index >= 15 is 0 Å². The summed E-state index contributed by atoms with van der Waals surface area (Å²) < 4.78 is 1.87. The number of aromatic nitrogens is 2. The minimum absolute atomic E-state index is 0.132. The van der Waals surface area contributed by atoms with Crippen LogP contribution in [-0.4, -0.2) is 21.1 Å². The number of ketones is 1. The maximum absolute atomic E-state index is 11.9. The van der Waals surface area contributed by atoms with Crippen molar-refractivity contribution in [1.82, 2.24) is 9.78 Å². The molecule has 2 N–H and O–H groups in total. The molecule has 1 fully saturated rings. The van der Waals surface area contributed by atoms with E-state index in [-0.39, 0.29) is 5.78 Å². The van der Waals surface area contributed by atoms with E-state index < -0.39 is 5.54 Å². The van der Waals surface area contributed by atoms with Crippen molar-refractivity contribution in [2.45, 2.75) is 51.1 Å². The molecule has 0 radical (unpaired) electrons. The Morgan fingerprint density at radius 1 is 1.62 bits per heavy atom. The molecule has 1 aromatic heterocycles. The Hall–Kier alpha value is -1.16. The Morgan fingerprint density at radius 3 is 2.75 bits per heavy atom. The van der Waals surface area contributed by atoms with Crippen molar-refractivity contribution in [3.63, 3.8) is 0 Å². The predicted molar refractivity (Wildman–Crippen MR) is 62.1 cm³/mol. The molecule has 0 spiro atoms. The molecule has 0 saturated heterocycles. The van der Waals surface area contributed by atoms with Gasteiger partial charge in [0.05, 0.1) is 17.7 Å². The molecule has 4 heteroatoms. The first kappa shape index (κ1) is 11.3. The van der Waals surface area contributed by atoms with E-state index in [1.54, 1.807) is 0 Å². The Kier molecular flexibility index (Phi) is 2.84. The minimum atomic E-state index is -0.554.